The van der Waals surface area contributed by atoms with E-state index >= 15 is 0 Å². The smallest absolute Gasteiger partial charge is 0.416 e. The molecule has 0 heterocycles. The molecule has 0 atom stereocenters. The van der Waals surface area contributed by atoms with Crippen LogP contribution in [0.5, 0.6) is 23.0 Å². The van der Waals surface area contributed by atoms with Gasteiger partial charge in [0.15, 0.2) is 0 Å². The van der Waals surface area contributed by atoms with E-state index < -0.39 is 62.8 Å². The van der Waals surface area contributed by atoms with Crippen molar-refractivity contribution >= 4 is 11.1 Å². The molecule has 0 bridgehead atoms. The molecule has 3 aromatic rings. The summed E-state index contributed by atoms with van der Waals surface area (Å²) in [5.41, 5.74) is -3.36. The SMILES string of the molecule is N#CC(C#N)=c1cc(Oc2cccc(C(F)(F)F)c2)c(=C(C#N)C#N)c(Oc2cccc(C(F)(F)F)c2)c1. The van der Waals surface area contributed by atoms with Crippen molar-refractivity contribution in [3.8, 4) is 47.3 Å². The summed E-state index contributed by atoms with van der Waals surface area (Å²) in [6.45, 7) is 0. The van der Waals surface area contributed by atoms with E-state index in [1.165, 1.54) is 0 Å². The van der Waals surface area contributed by atoms with Gasteiger partial charge in [-0.2, -0.15) is 47.4 Å². The third-order valence-electron chi connectivity index (χ3n) is 4.83. The molecule has 3 rings (SSSR count). The normalized spacial score (nSPS) is 10.8. The Morgan fingerprint density at radius 3 is 1.32 bits per heavy atom. The lowest BCUT2D eigenvalue weighted by Crippen LogP contribution is -2.19. The van der Waals surface area contributed by atoms with Gasteiger partial charge in [0, 0.05) is 5.22 Å². The van der Waals surface area contributed by atoms with Crippen LogP contribution >= 0.6 is 0 Å². The third kappa shape index (κ3) is 6.02. The van der Waals surface area contributed by atoms with Crippen LogP contribution in [0, 0.1) is 45.3 Å². The van der Waals surface area contributed by atoms with Gasteiger partial charge in [-0.05, 0) is 48.5 Å². The molecule has 3 aromatic carbocycles. The molecule has 6 nitrogen and oxygen atoms in total. The number of hydrogen-bond donors (Lipinski definition) is 0. The predicted molar refractivity (Wildman–Crippen MR) is 118 cm³/mol. The van der Waals surface area contributed by atoms with Crippen LogP contribution in [0.3, 0.4) is 0 Å². The number of hydrogen-bond acceptors (Lipinski definition) is 6. The van der Waals surface area contributed by atoms with Gasteiger partial charge >= 0.3 is 12.4 Å². The number of rotatable bonds is 4. The van der Waals surface area contributed by atoms with Crippen LogP contribution < -0.4 is 19.9 Å². The maximum atomic E-state index is 13.2. The number of benzene rings is 3. The molecule has 188 valence electrons. The molecule has 0 aromatic heterocycles. The molecule has 0 saturated heterocycles. The summed E-state index contributed by atoms with van der Waals surface area (Å²) in [5, 5.41) is 37.0. The van der Waals surface area contributed by atoms with E-state index in [0.717, 1.165) is 48.5 Å². The van der Waals surface area contributed by atoms with Gasteiger partial charge in [0.1, 0.15) is 58.4 Å². The zero-order valence-corrected chi connectivity index (χ0v) is 18.6. The minimum Gasteiger partial charge on any atom is -0.456 e. The number of nitrogens with zero attached hydrogens (tertiary/aromatic N) is 4. The number of alkyl halides is 6. The fraction of sp³-hybridized carbons (Fsp3) is 0.0769. The second-order valence-corrected chi connectivity index (χ2v) is 7.30. The largest absolute Gasteiger partial charge is 0.456 e. The Balaban J connectivity index is 2.36. The van der Waals surface area contributed by atoms with Gasteiger partial charge < -0.3 is 9.47 Å². The number of nitriles is 4. The van der Waals surface area contributed by atoms with E-state index in [-0.39, 0.29) is 5.22 Å². The van der Waals surface area contributed by atoms with Crippen LogP contribution in [0.15, 0.2) is 60.7 Å². The molecule has 0 spiro atoms. The van der Waals surface area contributed by atoms with Crippen LogP contribution in [-0.2, 0) is 12.4 Å². The molecular weight excluding hydrogens is 514 g/mol. The van der Waals surface area contributed by atoms with E-state index in [2.05, 4.69) is 0 Å². The summed E-state index contributed by atoms with van der Waals surface area (Å²) < 4.78 is 90.2. The van der Waals surface area contributed by atoms with Crippen molar-refractivity contribution in [3.63, 3.8) is 0 Å². The van der Waals surface area contributed by atoms with Gasteiger partial charge in [-0.1, -0.05) is 12.1 Å². The first kappa shape index (κ1) is 27.1. The van der Waals surface area contributed by atoms with Gasteiger partial charge in [-0.25, -0.2) is 0 Å². The van der Waals surface area contributed by atoms with Crippen LogP contribution in [0.4, 0.5) is 26.3 Å². The first-order chi connectivity index (χ1) is 17.9. The summed E-state index contributed by atoms with van der Waals surface area (Å²) in [6.07, 6.45) is -9.47. The maximum absolute atomic E-state index is 13.2. The first-order valence-electron chi connectivity index (χ1n) is 10.1. The fourth-order valence-corrected chi connectivity index (χ4v) is 3.16. The Hall–Kier alpha value is -5.46. The van der Waals surface area contributed by atoms with Crippen LogP contribution in [0.2, 0.25) is 0 Å². The quantitative estimate of drug-likeness (QED) is 0.405. The van der Waals surface area contributed by atoms with Crippen molar-refractivity contribution in [3.05, 3.63) is 82.2 Å². The second-order valence-electron chi connectivity index (χ2n) is 7.30. The van der Waals surface area contributed by atoms with Gasteiger partial charge in [0.2, 0.25) is 0 Å². The molecule has 0 aliphatic carbocycles. The number of halogens is 6. The summed E-state index contributed by atoms with van der Waals surface area (Å²) in [6, 6.07) is 15.5. The van der Waals surface area contributed by atoms with E-state index in [0.29, 0.717) is 12.1 Å². The van der Waals surface area contributed by atoms with Crippen molar-refractivity contribution in [1.29, 1.82) is 21.0 Å². The van der Waals surface area contributed by atoms with Crippen LogP contribution in [0.25, 0.3) is 11.1 Å². The summed E-state index contributed by atoms with van der Waals surface area (Å²) in [4.78, 5) is 0. The highest BCUT2D eigenvalue weighted by molar-refractivity contribution is 5.78. The zero-order chi connectivity index (χ0) is 28.1. The maximum Gasteiger partial charge on any atom is 0.416 e. The molecule has 0 amide bonds. The van der Waals surface area contributed by atoms with Crippen molar-refractivity contribution in [1.82, 2.24) is 0 Å². The topological polar surface area (TPSA) is 114 Å². The molecule has 0 radical (unpaired) electrons. The lowest BCUT2D eigenvalue weighted by molar-refractivity contribution is -0.138. The lowest BCUT2D eigenvalue weighted by atomic mass is 10.1. The third-order valence-corrected chi connectivity index (χ3v) is 4.83. The first-order valence-corrected chi connectivity index (χ1v) is 10.1. The number of ether oxygens (including phenoxy) is 2. The van der Waals surface area contributed by atoms with Gasteiger partial charge in [-0.3, -0.25) is 0 Å². The molecular formula is C26H10F6N4O2. The van der Waals surface area contributed by atoms with E-state index in [1.54, 1.807) is 24.3 Å². The molecule has 0 saturated carbocycles. The Bertz CT molecular complexity index is 1580. The molecule has 0 fully saturated rings. The highest BCUT2D eigenvalue weighted by atomic mass is 19.4. The van der Waals surface area contributed by atoms with Crippen LogP contribution in [0.1, 0.15) is 11.1 Å². The molecule has 0 unspecified atom stereocenters. The lowest BCUT2D eigenvalue weighted by Gasteiger charge is -2.14. The fourth-order valence-electron chi connectivity index (χ4n) is 3.16. The highest BCUT2D eigenvalue weighted by Gasteiger charge is 2.31. The molecule has 0 N–H and O–H groups in total. The summed E-state index contributed by atoms with van der Waals surface area (Å²) in [7, 11) is 0. The average Bonchev–Trinajstić information content (AvgIpc) is 2.86. The van der Waals surface area contributed by atoms with Gasteiger partial charge in [0.25, 0.3) is 0 Å². The molecule has 12 heteroatoms. The average molecular weight is 524 g/mol. The zero-order valence-electron chi connectivity index (χ0n) is 18.6. The Kier molecular flexibility index (Phi) is 7.61. The van der Waals surface area contributed by atoms with Gasteiger partial charge in [0.05, 0.1) is 16.3 Å². The van der Waals surface area contributed by atoms with E-state index in [9.17, 15) is 47.4 Å². The minimum atomic E-state index is -4.74. The Labute approximate surface area is 210 Å². The molecule has 38 heavy (non-hydrogen) atoms. The Morgan fingerprint density at radius 1 is 0.579 bits per heavy atom. The van der Waals surface area contributed by atoms with Crippen molar-refractivity contribution in [2.45, 2.75) is 12.4 Å². The molecule has 0 aliphatic rings. The molecule has 0 aliphatic heterocycles. The van der Waals surface area contributed by atoms with Crippen LogP contribution in [-0.4, -0.2) is 0 Å². The van der Waals surface area contributed by atoms with Crippen molar-refractivity contribution < 1.29 is 35.8 Å². The highest BCUT2D eigenvalue weighted by Crippen LogP contribution is 2.34. The second kappa shape index (κ2) is 10.7. The summed E-state index contributed by atoms with van der Waals surface area (Å²) >= 11 is 0. The minimum absolute atomic E-state index is 0.196. The predicted octanol–water partition coefficient (Wildman–Crippen LogP) is 5.70. The monoisotopic (exact) mass is 524 g/mol. The Morgan fingerprint density at radius 2 is 0.974 bits per heavy atom. The van der Waals surface area contributed by atoms with E-state index in [4.69, 9.17) is 9.47 Å². The van der Waals surface area contributed by atoms with Crippen molar-refractivity contribution in [2.75, 3.05) is 0 Å². The summed E-state index contributed by atoms with van der Waals surface area (Å²) in [5.74, 6) is -1.72. The van der Waals surface area contributed by atoms with E-state index in [1.807, 2.05) is 0 Å². The van der Waals surface area contributed by atoms with Crippen molar-refractivity contribution in [2.24, 2.45) is 0 Å². The van der Waals surface area contributed by atoms with Gasteiger partial charge in [-0.15, -0.1) is 0 Å². The standard InChI is InChI=1S/C26H10F6N4O2/c27-25(28,29)18-3-1-5-20(9-18)37-22-7-15(16(11-33)12-34)8-23(24(22)17(13-35)14-36)38-21-6-2-4-19(10-21)26(30,31)32/h1-10H.